The standard InChI is InChI=1S/C10H16N2O4/c1-12-9(13)4-8(10(12)14)11-5-7-2-3-15-6-16-7/h7-8,11H,2-6H2,1H3. The van der Waals surface area contributed by atoms with Gasteiger partial charge in [0.15, 0.2) is 0 Å². The van der Waals surface area contributed by atoms with Crippen LogP contribution in [0.15, 0.2) is 0 Å². The van der Waals surface area contributed by atoms with Crippen LogP contribution in [0.3, 0.4) is 0 Å². The maximum absolute atomic E-state index is 11.6. The van der Waals surface area contributed by atoms with E-state index in [9.17, 15) is 9.59 Å². The van der Waals surface area contributed by atoms with Gasteiger partial charge < -0.3 is 14.8 Å². The van der Waals surface area contributed by atoms with Crippen molar-refractivity contribution in [1.29, 1.82) is 0 Å². The van der Waals surface area contributed by atoms with Crippen LogP contribution in [0.25, 0.3) is 0 Å². The molecule has 0 aromatic heterocycles. The van der Waals surface area contributed by atoms with Crippen LogP contribution >= 0.6 is 0 Å². The SMILES string of the molecule is CN1C(=O)CC(NCC2CCOCO2)C1=O. The number of carbonyl (C=O) groups excluding carboxylic acids is 2. The third kappa shape index (κ3) is 2.40. The third-order valence-corrected chi connectivity index (χ3v) is 2.94. The van der Waals surface area contributed by atoms with Crippen molar-refractivity contribution in [3.8, 4) is 0 Å². The van der Waals surface area contributed by atoms with Gasteiger partial charge >= 0.3 is 0 Å². The van der Waals surface area contributed by atoms with Gasteiger partial charge in [-0.05, 0) is 6.42 Å². The van der Waals surface area contributed by atoms with Crippen molar-refractivity contribution in [1.82, 2.24) is 10.2 Å². The van der Waals surface area contributed by atoms with Gasteiger partial charge in [0.25, 0.3) is 0 Å². The van der Waals surface area contributed by atoms with Crippen LogP contribution in [0.2, 0.25) is 0 Å². The van der Waals surface area contributed by atoms with Gasteiger partial charge in [0.2, 0.25) is 11.8 Å². The van der Waals surface area contributed by atoms with E-state index >= 15 is 0 Å². The van der Waals surface area contributed by atoms with E-state index < -0.39 is 0 Å². The molecule has 2 heterocycles. The topological polar surface area (TPSA) is 67.9 Å². The zero-order valence-electron chi connectivity index (χ0n) is 9.27. The Hall–Kier alpha value is -0.980. The Kier molecular flexibility index (Phi) is 3.52. The Morgan fingerprint density at radius 1 is 1.50 bits per heavy atom. The fraction of sp³-hybridized carbons (Fsp3) is 0.800. The number of likely N-dealkylation sites (tertiary alicyclic amines) is 1. The van der Waals surface area contributed by atoms with Gasteiger partial charge in [-0.15, -0.1) is 0 Å². The highest BCUT2D eigenvalue weighted by Gasteiger charge is 2.35. The lowest BCUT2D eigenvalue weighted by atomic mass is 10.2. The van der Waals surface area contributed by atoms with Crippen LogP contribution < -0.4 is 5.32 Å². The second-order valence-corrected chi connectivity index (χ2v) is 4.06. The van der Waals surface area contributed by atoms with Crippen molar-refractivity contribution in [2.75, 3.05) is 27.0 Å². The summed E-state index contributed by atoms with van der Waals surface area (Å²) < 4.78 is 10.4. The first-order valence-electron chi connectivity index (χ1n) is 5.41. The maximum atomic E-state index is 11.6. The molecule has 0 saturated carbocycles. The summed E-state index contributed by atoms with van der Waals surface area (Å²) in [4.78, 5) is 24.0. The fourth-order valence-corrected chi connectivity index (χ4v) is 1.85. The molecule has 16 heavy (non-hydrogen) atoms. The highest BCUT2D eigenvalue weighted by molar-refractivity contribution is 6.05. The van der Waals surface area contributed by atoms with E-state index in [-0.39, 0.29) is 30.4 Å². The summed E-state index contributed by atoms with van der Waals surface area (Å²) in [7, 11) is 1.51. The molecule has 0 spiro atoms. The highest BCUT2D eigenvalue weighted by Crippen LogP contribution is 2.11. The fourth-order valence-electron chi connectivity index (χ4n) is 1.85. The Bertz CT molecular complexity index is 289. The molecular weight excluding hydrogens is 212 g/mol. The monoisotopic (exact) mass is 228 g/mol. The van der Waals surface area contributed by atoms with Gasteiger partial charge in [-0.25, -0.2) is 0 Å². The van der Waals surface area contributed by atoms with E-state index in [1.165, 1.54) is 11.9 Å². The van der Waals surface area contributed by atoms with Gasteiger partial charge in [0.05, 0.1) is 25.2 Å². The predicted molar refractivity (Wildman–Crippen MR) is 54.5 cm³/mol. The van der Waals surface area contributed by atoms with Crippen molar-refractivity contribution < 1.29 is 19.1 Å². The van der Waals surface area contributed by atoms with E-state index in [2.05, 4.69) is 5.32 Å². The number of rotatable bonds is 3. The summed E-state index contributed by atoms with van der Waals surface area (Å²) in [6.07, 6.45) is 1.14. The number of imide groups is 1. The summed E-state index contributed by atoms with van der Waals surface area (Å²) in [5.41, 5.74) is 0. The van der Waals surface area contributed by atoms with Crippen molar-refractivity contribution in [2.24, 2.45) is 0 Å². The van der Waals surface area contributed by atoms with Crippen molar-refractivity contribution >= 4 is 11.8 Å². The van der Waals surface area contributed by atoms with Crippen LogP contribution in [0.1, 0.15) is 12.8 Å². The van der Waals surface area contributed by atoms with Crippen molar-refractivity contribution in [2.45, 2.75) is 25.0 Å². The second kappa shape index (κ2) is 4.90. The summed E-state index contributed by atoms with van der Waals surface area (Å²) in [5.74, 6) is -0.285. The summed E-state index contributed by atoms with van der Waals surface area (Å²) in [6, 6.07) is -0.385. The lowest BCUT2D eigenvalue weighted by molar-refractivity contribution is -0.139. The smallest absolute Gasteiger partial charge is 0.246 e. The minimum absolute atomic E-state index is 0.0718. The quantitative estimate of drug-likeness (QED) is 0.634. The number of ether oxygens (including phenoxy) is 2. The second-order valence-electron chi connectivity index (χ2n) is 4.06. The number of hydrogen-bond acceptors (Lipinski definition) is 5. The number of amides is 2. The van der Waals surface area contributed by atoms with E-state index in [0.29, 0.717) is 19.9 Å². The zero-order chi connectivity index (χ0) is 11.5. The molecule has 2 amide bonds. The maximum Gasteiger partial charge on any atom is 0.246 e. The van der Waals surface area contributed by atoms with Gasteiger partial charge in [-0.3, -0.25) is 14.5 Å². The third-order valence-electron chi connectivity index (χ3n) is 2.94. The molecule has 2 fully saturated rings. The Labute approximate surface area is 93.9 Å². The minimum atomic E-state index is -0.385. The molecule has 6 nitrogen and oxygen atoms in total. The first kappa shape index (κ1) is 11.5. The Balaban J connectivity index is 1.77. The molecule has 0 aromatic carbocycles. The number of carbonyl (C=O) groups is 2. The lowest BCUT2D eigenvalue weighted by Crippen LogP contribution is -2.42. The molecule has 2 aliphatic heterocycles. The lowest BCUT2D eigenvalue weighted by Gasteiger charge is -2.24. The van der Waals surface area contributed by atoms with Crippen LogP contribution in [0.4, 0.5) is 0 Å². The summed E-state index contributed by atoms with van der Waals surface area (Å²) >= 11 is 0. The van der Waals surface area contributed by atoms with E-state index in [1.807, 2.05) is 0 Å². The molecule has 2 unspecified atom stereocenters. The summed E-state index contributed by atoms with van der Waals surface area (Å²) in [5, 5.41) is 3.07. The van der Waals surface area contributed by atoms with E-state index in [0.717, 1.165) is 6.42 Å². The largest absolute Gasteiger partial charge is 0.355 e. The van der Waals surface area contributed by atoms with Gasteiger partial charge in [0, 0.05) is 13.6 Å². The first-order valence-corrected chi connectivity index (χ1v) is 5.41. The Morgan fingerprint density at radius 2 is 2.31 bits per heavy atom. The molecule has 1 N–H and O–H groups in total. The molecule has 0 aliphatic carbocycles. The van der Waals surface area contributed by atoms with E-state index in [4.69, 9.17) is 9.47 Å². The Morgan fingerprint density at radius 3 is 2.88 bits per heavy atom. The minimum Gasteiger partial charge on any atom is -0.355 e. The number of nitrogens with zero attached hydrogens (tertiary/aromatic N) is 1. The number of hydrogen-bond donors (Lipinski definition) is 1. The highest BCUT2D eigenvalue weighted by atomic mass is 16.7. The molecule has 2 aliphatic rings. The van der Waals surface area contributed by atoms with Crippen LogP contribution in [-0.2, 0) is 19.1 Å². The van der Waals surface area contributed by atoms with E-state index in [1.54, 1.807) is 0 Å². The summed E-state index contributed by atoms with van der Waals surface area (Å²) in [6.45, 7) is 1.58. The zero-order valence-corrected chi connectivity index (χ0v) is 9.27. The molecule has 0 bridgehead atoms. The average molecular weight is 228 g/mol. The van der Waals surface area contributed by atoms with Gasteiger partial charge in [-0.1, -0.05) is 0 Å². The molecule has 6 heteroatoms. The molecule has 90 valence electrons. The van der Waals surface area contributed by atoms with Gasteiger partial charge in [0.1, 0.15) is 6.79 Å². The first-order chi connectivity index (χ1) is 7.68. The normalized spacial score (nSPS) is 31.2. The van der Waals surface area contributed by atoms with Crippen molar-refractivity contribution in [3.05, 3.63) is 0 Å². The molecule has 0 aromatic rings. The van der Waals surface area contributed by atoms with Crippen LogP contribution in [0, 0.1) is 0 Å². The predicted octanol–water partition coefficient (Wildman–Crippen LogP) is -0.904. The van der Waals surface area contributed by atoms with Crippen molar-refractivity contribution in [3.63, 3.8) is 0 Å². The molecular formula is C10H16N2O4. The van der Waals surface area contributed by atoms with Crippen LogP contribution in [0.5, 0.6) is 0 Å². The van der Waals surface area contributed by atoms with Crippen LogP contribution in [-0.4, -0.2) is 55.9 Å². The molecule has 0 radical (unpaired) electrons. The van der Waals surface area contributed by atoms with Gasteiger partial charge in [-0.2, -0.15) is 0 Å². The molecule has 2 atom stereocenters. The average Bonchev–Trinajstić information content (AvgIpc) is 2.56. The molecule has 2 rings (SSSR count). The number of likely N-dealkylation sites (N-methyl/N-ethyl adjacent to an activating group) is 1. The number of nitrogens with one attached hydrogen (secondary N) is 1. The molecule has 2 saturated heterocycles.